The number of allylic oxidation sites excluding steroid dienone is 2. The molecule has 1 aromatic carbocycles. The first-order valence-corrected chi connectivity index (χ1v) is 11.1. The average Bonchev–Trinajstić information content (AvgIpc) is 3.12. The molecule has 0 spiro atoms. The summed E-state index contributed by atoms with van der Waals surface area (Å²) in [5, 5.41) is 12.9. The second-order valence-electron chi connectivity index (χ2n) is 7.85. The van der Waals surface area contributed by atoms with Crippen LogP contribution >= 0.6 is 11.3 Å². The van der Waals surface area contributed by atoms with Crippen molar-refractivity contribution in [3.8, 4) is 0 Å². The Kier molecular flexibility index (Phi) is 7.28. The second-order valence-corrected chi connectivity index (χ2v) is 8.98. The van der Waals surface area contributed by atoms with Crippen molar-refractivity contribution in [3.63, 3.8) is 0 Å². The molecule has 7 heteroatoms. The molecule has 2 N–H and O–H groups in total. The van der Waals surface area contributed by atoms with Crippen molar-refractivity contribution in [2.45, 2.75) is 40.0 Å². The second kappa shape index (κ2) is 9.92. The highest BCUT2D eigenvalue weighted by Crippen LogP contribution is 2.37. The topological polar surface area (TPSA) is 92.7 Å². The van der Waals surface area contributed by atoms with Gasteiger partial charge in [-0.05, 0) is 45.2 Å². The van der Waals surface area contributed by atoms with E-state index in [0.717, 1.165) is 21.6 Å². The molecule has 1 heterocycles. The molecule has 0 aliphatic heterocycles. The maximum Gasteiger partial charge on any atom is 0.341 e. The van der Waals surface area contributed by atoms with Crippen molar-refractivity contribution in [2.75, 3.05) is 11.9 Å². The van der Waals surface area contributed by atoms with Gasteiger partial charge < -0.3 is 15.2 Å². The molecule has 1 aliphatic rings. The summed E-state index contributed by atoms with van der Waals surface area (Å²) in [5.41, 5.74) is 3.45. The van der Waals surface area contributed by atoms with Crippen molar-refractivity contribution in [1.29, 1.82) is 0 Å². The van der Waals surface area contributed by atoms with Crippen LogP contribution in [-0.4, -0.2) is 29.6 Å². The van der Waals surface area contributed by atoms with Gasteiger partial charge in [0.25, 0.3) is 0 Å². The number of carbonyl (C=O) groups excluding carboxylic acids is 2. The quantitative estimate of drug-likeness (QED) is 0.471. The Bertz CT molecular complexity index is 1010. The maximum atomic E-state index is 13.1. The van der Waals surface area contributed by atoms with Crippen molar-refractivity contribution >= 4 is 34.2 Å². The Morgan fingerprint density at radius 3 is 2.35 bits per heavy atom. The zero-order chi connectivity index (χ0) is 22.5. The largest absolute Gasteiger partial charge is 0.481 e. The van der Waals surface area contributed by atoms with E-state index in [1.807, 2.05) is 44.2 Å². The zero-order valence-corrected chi connectivity index (χ0v) is 18.8. The van der Waals surface area contributed by atoms with Crippen LogP contribution in [-0.2, 0) is 20.7 Å². The van der Waals surface area contributed by atoms with Crippen LogP contribution in [0.25, 0.3) is 0 Å². The Balaban J connectivity index is 1.87. The summed E-state index contributed by atoms with van der Waals surface area (Å²) >= 11 is 1.32. The monoisotopic (exact) mass is 441 g/mol. The molecule has 0 saturated heterocycles. The molecule has 1 amide bonds. The molecule has 1 aliphatic carbocycles. The molecule has 164 valence electrons. The minimum atomic E-state index is -0.978. The summed E-state index contributed by atoms with van der Waals surface area (Å²) in [7, 11) is 0. The predicted octanol–water partition coefficient (Wildman–Crippen LogP) is 4.90. The normalized spacial score (nSPS) is 18.5. The Morgan fingerprint density at radius 1 is 1.10 bits per heavy atom. The molecule has 0 fully saturated rings. The highest BCUT2D eigenvalue weighted by molar-refractivity contribution is 7.16. The molecule has 1 aromatic heterocycles. The van der Waals surface area contributed by atoms with Crippen LogP contribution in [0, 0.1) is 11.8 Å². The van der Waals surface area contributed by atoms with Crippen LogP contribution in [0.3, 0.4) is 0 Å². The maximum absolute atomic E-state index is 13.1. The lowest BCUT2D eigenvalue weighted by Gasteiger charge is -2.29. The Hall–Kier alpha value is -2.93. The number of benzene rings is 1. The third-order valence-electron chi connectivity index (χ3n) is 5.66. The van der Waals surface area contributed by atoms with Gasteiger partial charge in [0.05, 0.1) is 24.0 Å². The summed E-state index contributed by atoms with van der Waals surface area (Å²) in [5.74, 6) is -3.32. The van der Waals surface area contributed by atoms with Crippen molar-refractivity contribution in [1.82, 2.24) is 0 Å². The molecule has 0 unspecified atom stereocenters. The number of aliphatic carboxylic acids is 1. The number of anilines is 1. The summed E-state index contributed by atoms with van der Waals surface area (Å²) in [6, 6.07) is 11.6. The fourth-order valence-corrected chi connectivity index (χ4v) is 4.89. The number of hydrogen-bond acceptors (Lipinski definition) is 5. The number of nitrogens with one attached hydrogen (secondary N) is 1. The number of thiophene rings is 1. The summed E-state index contributed by atoms with van der Waals surface area (Å²) < 4.78 is 5.16. The molecule has 31 heavy (non-hydrogen) atoms. The zero-order valence-electron chi connectivity index (χ0n) is 17.9. The lowest BCUT2D eigenvalue weighted by atomic mass is 9.76. The van der Waals surface area contributed by atoms with E-state index in [9.17, 15) is 19.5 Å². The van der Waals surface area contributed by atoms with E-state index in [1.54, 1.807) is 13.0 Å². The standard InChI is InChI=1S/C24H27NO5S/c1-4-30-24(29)20-13-17(12-16-8-6-5-7-9-16)31-22(20)25-21(26)18-10-14(2)15(3)11-19(18)23(27)28/h5-9,13,18-19H,4,10-12H2,1-3H3,(H,25,26)(H,27,28)/t18-,19+/m1/s1. The average molecular weight is 442 g/mol. The highest BCUT2D eigenvalue weighted by atomic mass is 32.1. The van der Waals surface area contributed by atoms with E-state index in [4.69, 9.17) is 4.74 Å². The van der Waals surface area contributed by atoms with E-state index in [0.29, 0.717) is 29.8 Å². The third kappa shape index (κ3) is 5.41. The molecule has 6 nitrogen and oxygen atoms in total. The first-order chi connectivity index (χ1) is 14.8. The number of carbonyl (C=O) groups is 3. The first kappa shape index (κ1) is 22.7. The summed E-state index contributed by atoms with van der Waals surface area (Å²) in [4.78, 5) is 38.3. The van der Waals surface area contributed by atoms with E-state index in [2.05, 4.69) is 5.32 Å². The van der Waals surface area contributed by atoms with Crippen LogP contribution < -0.4 is 5.32 Å². The van der Waals surface area contributed by atoms with Crippen LogP contribution in [0.5, 0.6) is 0 Å². The number of amides is 1. The van der Waals surface area contributed by atoms with E-state index < -0.39 is 23.8 Å². The van der Waals surface area contributed by atoms with Gasteiger partial charge in [0.2, 0.25) is 5.91 Å². The number of carboxylic acids is 1. The fraction of sp³-hybridized carbons (Fsp3) is 0.375. The summed E-state index contributed by atoms with van der Waals surface area (Å²) in [6.07, 6.45) is 1.37. The van der Waals surface area contributed by atoms with Gasteiger partial charge in [-0.1, -0.05) is 41.5 Å². The van der Waals surface area contributed by atoms with Gasteiger partial charge in [-0.3, -0.25) is 9.59 Å². The SMILES string of the molecule is CCOC(=O)c1cc(Cc2ccccc2)sc1NC(=O)[C@@H]1CC(C)=C(C)C[C@@H]1C(=O)O. The molecular formula is C24H27NO5S. The fourth-order valence-electron chi connectivity index (χ4n) is 3.81. The number of ether oxygens (including phenoxy) is 1. The van der Waals surface area contributed by atoms with Gasteiger partial charge in [-0.15, -0.1) is 11.3 Å². The van der Waals surface area contributed by atoms with Crippen LogP contribution in [0.4, 0.5) is 5.00 Å². The van der Waals surface area contributed by atoms with E-state index in [-0.39, 0.29) is 12.5 Å². The molecule has 2 aromatic rings. The number of rotatable bonds is 7. The molecule has 0 bridgehead atoms. The summed E-state index contributed by atoms with van der Waals surface area (Å²) in [6.45, 7) is 5.79. The van der Waals surface area contributed by atoms with Gasteiger partial charge in [0, 0.05) is 11.3 Å². The van der Waals surface area contributed by atoms with Crippen molar-refractivity contribution in [3.05, 3.63) is 63.5 Å². The van der Waals surface area contributed by atoms with Crippen molar-refractivity contribution < 1.29 is 24.2 Å². The lowest BCUT2D eigenvalue weighted by molar-refractivity contribution is -0.146. The van der Waals surface area contributed by atoms with Gasteiger partial charge in [0.15, 0.2) is 0 Å². The molecule has 3 rings (SSSR count). The number of hydrogen-bond donors (Lipinski definition) is 2. The Labute approximate surface area is 185 Å². The van der Waals surface area contributed by atoms with E-state index in [1.165, 1.54) is 11.3 Å². The Morgan fingerprint density at radius 2 is 1.74 bits per heavy atom. The van der Waals surface area contributed by atoms with Gasteiger partial charge in [0.1, 0.15) is 5.00 Å². The third-order valence-corrected chi connectivity index (χ3v) is 6.71. The molecular weight excluding hydrogens is 414 g/mol. The van der Waals surface area contributed by atoms with Gasteiger partial charge >= 0.3 is 11.9 Å². The van der Waals surface area contributed by atoms with Crippen LogP contribution in [0.2, 0.25) is 0 Å². The number of carboxylic acid groups (broad SMARTS) is 1. The minimum Gasteiger partial charge on any atom is -0.481 e. The smallest absolute Gasteiger partial charge is 0.341 e. The van der Waals surface area contributed by atoms with E-state index >= 15 is 0 Å². The number of esters is 1. The van der Waals surface area contributed by atoms with Gasteiger partial charge in [-0.2, -0.15) is 0 Å². The minimum absolute atomic E-state index is 0.225. The molecule has 2 atom stereocenters. The predicted molar refractivity (Wildman–Crippen MR) is 120 cm³/mol. The van der Waals surface area contributed by atoms with Crippen LogP contribution in [0.15, 0.2) is 47.5 Å². The van der Waals surface area contributed by atoms with Crippen molar-refractivity contribution in [2.24, 2.45) is 11.8 Å². The first-order valence-electron chi connectivity index (χ1n) is 10.3. The highest BCUT2D eigenvalue weighted by Gasteiger charge is 2.37. The van der Waals surface area contributed by atoms with Gasteiger partial charge in [-0.25, -0.2) is 4.79 Å². The van der Waals surface area contributed by atoms with Crippen LogP contribution in [0.1, 0.15) is 54.4 Å². The molecule has 0 saturated carbocycles. The lowest BCUT2D eigenvalue weighted by Crippen LogP contribution is -2.36. The molecule has 0 radical (unpaired) electrons.